The number of para-hydroxylation sites is 1. The quantitative estimate of drug-likeness (QED) is 0.546. The molecule has 120 valence electrons. The van der Waals surface area contributed by atoms with E-state index in [0.29, 0.717) is 0 Å². The molecule has 0 amide bonds. The van der Waals surface area contributed by atoms with Crippen molar-refractivity contribution < 1.29 is 0 Å². The van der Waals surface area contributed by atoms with Crippen molar-refractivity contribution in [3.8, 4) is 0 Å². The summed E-state index contributed by atoms with van der Waals surface area (Å²) in [4.78, 5) is 11.9. The zero-order chi connectivity index (χ0) is 15.8. The number of hydrogen-bond acceptors (Lipinski definition) is 5. The monoisotopic (exact) mass is 327 g/mol. The Kier molecular flexibility index (Phi) is 3.95. The number of benzene rings is 1. The summed E-state index contributed by atoms with van der Waals surface area (Å²) in [6, 6.07) is 8.17. The van der Waals surface area contributed by atoms with E-state index in [-0.39, 0.29) is 0 Å². The van der Waals surface area contributed by atoms with Crippen LogP contribution in [0.25, 0.3) is 16.6 Å². The first-order valence-electron chi connectivity index (χ1n) is 8.14. The normalized spacial score (nSPS) is 19.7. The second-order valence-corrected chi connectivity index (χ2v) is 7.37. The standard InChI is InChI=1S/C17H21N5S/c1-12-18-16-14-7-3-4-8-15(14)19-17(22(16)20-12)23-11-13-6-5-9-21(2)10-13/h3-4,7-8,13H,5-6,9-11H2,1-2H3/t13-/m1/s1. The number of nitrogens with zero attached hydrogens (tertiary/aromatic N) is 5. The molecule has 23 heavy (non-hydrogen) atoms. The van der Waals surface area contributed by atoms with E-state index in [0.717, 1.165) is 39.2 Å². The Balaban J connectivity index is 1.67. The second-order valence-electron chi connectivity index (χ2n) is 6.39. The summed E-state index contributed by atoms with van der Waals surface area (Å²) in [6.07, 6.45) is 2.61. The SMILES string of the molecule is Cc1nc2c3ccccc3nc(SC[C@@H]3CCCN(C)C3)n2n1. The number of aryl methyl sites for hydroxylation is 1. The number of piperidine rings is 1. The van der Waals surface area contributed by atoms with Crippen LogP contribution in [0, 0.1) is 12.8 Å². The Hall–Kier alpha value is -1.66. The summed E-state index contributed by atoms with van der Waals surface area (Å²) >= 11 is 1.81. The third-order valence-electron chi connectivity index (χ3n) is 4.43. The first-order valence-corrected chi connectivity index (χ1v) is 9.13. The van der Waals surface area contributed by atoms with Crippen LogP contribution in [0.3, 0.4) is 0 Å². The van der Waals surface area contributed by atoms with Gasteiger partial charge in [-0.25, -0.2) is 9.97 Å². The molecule has 5 nitrogen and oxygen atoms in total. The summed E-state index contributed by atoms with van der Waals surface area (Å²) in [5.74, 6) is 2.61. The predicted molar refractivity (Wildman–Crippen MR) is 94.0 cm³/mol. The molecule has 3 heterocycles. The van der Waals surface area contributed by atoms with Crippen molar-refractivity contribution in [1.82, 2.24) is 24.5 Å². The van der Waals surface area contributed by atoms with Crippen molar-refractivity contribution >= 4 is 28.3 Å². The summed E-state index contributed by atoms with van der Waals surface area (Å²) in [5, 5.41) is 6.57. The van der Waals surface area contributed by atoms with Crippen molar-refractivity contribution in [2.45, 2.75) is 24.9 Å². The van der Waals surface area contributed by atoms with Gasteiger partial charge in [-0.05, 0) is 51.4 Å². The zero-order valence-electron chi connectivity index (χ0n) is 13.6. The van der Waals surface area contributed by atoms with Crippen LogP contribution in [-0.2, 0) is 0 Å². The van der Waals surface area contributed by atoms with Crippen LogP contribution >= 0.6 is 11.8 Å². The molecule has 1 aliphatic rings. The van der Waals surface area contributed by atoms with Crippen LogP contribution in [0.5, 0.6) is 0 Å². The van der Waals surface area contributed by atoms with Crippen LogP contribution < -0.4 is 0 Å². The molecule has 1 saturated heterocycles. The lowest BCUT2D eigenvalue weighted by molar-refractivity contribution is 0.224. The van der Waals surface area contributed by atoms with Gasteiger partial charge in [-0.1, -0.05) is 23.9 Å². The van der Waals surface area contributed by atoms with Gasteiger partial charge in [0.1, 0.15) is 5.82 Å². The number of aromatic nitrogens is 4. The fraction of sp³-hybridized carbons (Fsp3) is 0.471. The summed E-state index contributed by atoms with van der Waals surface area (Å²) in [7, 11) is 2.21. The fourth-order valence-electron chi connectivity index (χ4n) is 3.33. The Bertz CT molecular complexity index is 843. The van der Waals surface area contributed by atoms with E-state index in [4.69, 9.17) is 4.98 Å². The van der Waals surface area contributed by atoms with Gasteiger partial charge >= 0.3 is 0 Å². The molecule has 2 aromatic heterocycles. The fourth-order valence-corrected chi connectivity index (χ4v) is 4.40. The highest BCUT2D eigenvalue weighted by Gasteiger charge is 2.19. The van der Waals surface area contributed by atoms with Crippen LogP contribution in [0.4, 0.5) is 0 Å². The van der Waals surface area contributed by atoms with Gasteiger partial charge in [0.25, 0.3) is 0 Å². The minimum atomic E-state index is 0.728. The lowest BCUT2D eigenvalue weighted by Crippen LogP contribution is -2.33. The molecule has 0 aliphatic carbocycles. The molecule has 0 spiro atoms. The molecule has 1 fully saturated rings. The smallest absolute Gasteiger partial charge is 0.191 e. The Morgan fingerprint density at radius 2 is 2.13 bits per heavy atom. The van der Waals surface area contributed by atoms with E-state index in [2.05, 4.69) is 34.2 Å². The van der Waals surface area contributed by atoms with Crippen LogP contribution in [0.2, 0.25) is 0 Å². The van der Waals surface area contributed by atoms with Gasteiger partial charge in [-0.15, -0.1) is 5.10 Å². The number of hydrogen-bond donors (Lipinski definition) is 0. The van der Waals surface area contributed by atoms with Crippen molar-refractivity contribution in [2.75, 3.05) is 25.9 Å². The maximum absolute atomic E-state index is 4.83. The number of rotatable bonds is 3. The van der Waals surface area contributed by atoms with Gasteiger partial charge in [0, 0.05) is 17.7 Å². The zero-order valence-corrected chi connectivity index (χ0v) is 14.4. The largest absolute Gasteiger partial charge is 0.306 e. The van der Waals surface area contributed by atoms with Crippen molar-refractivity contribution in [2.24, 2.45) is 5.92 Å². The highest BCUT2D eigenvalue weighted by Crippen LogP contribution is 2.27. The average Bonchev–Trinajstić information content (AvgIpc) is 2.94. The number of thioether (sulfide) groups is 1. The third kappa shape index (κ3) is 2.93. The molecular weight excluding hydrogens is 306 g/mol. The highest BCUT2D eigenvalue weighted by atomic mass is 32.2. The summed E-state index contributed by atoms with van der Waals surface area (Å²) in [6.45, 7) is 4.34. The van der Waals surface area contributed by atoms with Gasteiger partial charge in [0.05, 0.1) is 5.52 Å². The van der Waals surface area contributed by atoms with Crippen molar-refractivity contribution in [3.63, 3.8) is 0 Å². The molecule has 0 N–H and O–H groups in total. The minimum absolute atomic E-state index is 0.728. The molecule has 0 radical (unpaired) electrons. The van der Waals surface area contributed by atoms with Gasteiger partial charge in [-0.2, -0.15) is 4.52 Å². The molecule has 0 bridgehead atoms. The molecule has 0 unspecified atom stereocenters. The first kappa shape index (κ1) is 14.9. The van der Waals surface area contributed by atoms with Crippen molar-refractivity contribution in [1.29, 1.82) is 0 Å². The van der Waals surface area contributed by atoms with E-state index >= 15 is 0 Å². The Labute approximate surface area is 140 Å². The van der Waals surface area contributed by atoms with Crippen molar-refractivity contribution in [3.05, 3.63) is 30.1 Å². The molecule has 0 saturated carbocycles. The van der Waals surface area contributed by atoms with Crippen LogP contribution in [-0.4, -0.2) is 50.4 Å². The Morgan fingerprint density at radius 3 is 3.00 bits per heavy atom. The number of fused-ring (bicyclic) bond motifs is 3. The third-order valence-corrected chi connectivity index (χ3v) is 5.59. The lowest BCUT2D eigenvalue weighted by atomic mass is 10.0. The lowest BCUT2D eigenvalue weighted by Gasteiger charge is -2.29. The van der Waals surface area contributed by atoms with Gasteiger partial charge in [-0.3, -0.25) is 0 Å². The Morgan fingerprint density at radius 1 is 1.26 bits per heavy atom. The predicted octanol–water partition coefficient (Wildman–Crippen LogP) is 3.02. The number of likely N-dealkylation sites (tertiary alicyclic amines) is 1. The molecule has 4 rings (SSSR count). The maximum atomic E-state index is 4.83. The van der Waals surface area contributed by atoms with Crippen LogP contribution in [0.15, 0.2) is 29.4 Å². The first-order chi connectivity index (χ1) is 11.2. The molecule has 1 aliphatic heterocycles. The average molecular weight is 327 g/mol. The summed E-state index contributed by atoms with van der Waals surface area (Å²) in [5.41, 5.74) is 1.91. The summed E-state index contributed by atoms with van der Waals surface area (Å²) < 4.78 is 1.91. The van der Waals surface area contributed by atoms with Gasteiger partial charge in [0.15, 0.2) is 10.8 Å². The highest BCUT2D eigenvalue weighted by molar-refractivity contribution is 7.99. The molecule has 1 aromatic carbocycles. The van der Waals surface area contributed by atoms with Gasteiger partial charge in [0.2, 0.25) is 0 Å². The van der Waals surface area contributed by atoms with E-state index in [1.807, 2.05) is 35.3 Å². The molecule has 6 heteroatoms. The maximum Gasteiger partial charge on any atom is 0.191 e. The van der Waals surface area contributed by atoms with Gasteiger partial charge < -0.3 is 4.90 Å². The van der Waals surface area contributed by atoms with Crippen LogP contribution in [0.1, 0.15) is 18.7 Å². The minimum Gasteiger partial charge on any atom is -0.306 e. The van der Waals surface area contributed by atoms with E-state index in [1.54, 1.807) is 0 Å². The topological polar surface area (TPSA) is 46.3 Å². The van der Waals surface area contributed by atoms with E-state index in [9.17, 15) is 0 Å². The molecule has 3 aromatic rings. The molecular formula is C17H21N5S. The molecule has 1 atom stereocenters. The van der Waals surface area contributed by atoms with E-state index in [1.165, 1.54) is 25.9 Å². The second kappa shape index (κ2) is 6.09. The van der Waals surface area contributed by atoms with E-state index < -0.39 is 0 Å².